The lowest BCUT2D eigenvalue weighted by atomic mass is 9.90. The lowest BCUT2D eigenvalue weighted by Gasteiger charge is -2.21. The molecule has 1 aliphatic rings. The van der Waals surface area contributed by atoms with E-state index >= 15 is 0 Å². The van der Waals surface area contributed by atoms with Gasteiger partial charge in [-0.1, -0.05) is 26.0 Å². The summed E-state index contributed by atoms with van der Waals surface area (Å²) in [6.07, 6.45) is 6.23. The molecule has 0 saturated carbocycles. The summed E-state index contributed by atoms with van der Waals surface area (Å²) in [4.78, 5) is 12.3. The van der Waals surface area contributed by atoms with Crippen LogP contribution in [0.25, 0.3) is 0 Å². The van der Waals surface area contributed by atoms with Crippen LogP contribution in [0.15, 0.2) is 18.2 Å². The first-order valence-corrected chi connectivity index (χ1v) is 8.20. The standard InChI is InChI=1S/C18H28N2O/c1-13(2)10-14(12-19)11-18(21)20-17-9-5-7-15-6-3-4-8-16(15)17/h5,7,9,13-14H,3-4,6,8,10-12,19H2,1-2H3,(H,20,21)/t14-/m0/s1. The molecule has 0 aliphatic heterocycles. The minimum atomic E-state index is 0.102. The normalized spacial score (nSPS) is 15.6. The molecule has 3 nitrogen and oxygen atoms in total. The zero-order valence-corrected chi connectivity index (χ0v) is 13.3. The van der Waals surface area contributed by atoms with Gasteiger partial charge in [0.1, 0.15) is 0 Å². The third kappa shape index (κ3) is 4.57. The third-order valence-electron chi connectivity index (χ3n) is 4.28. The van der Waals surface area contributed by atoms with Crippen LogP contribution in [0.3, 0.4) is 0 Å². The van der Waals surface area contributed by atoms with Crippen molar-refractivity contribution in [1.29, 1.82) is 0 Å². The summed E-state index contributed by atoms with van der Waals surface area (Å²) < 4.78 is 0. The number of amides is 1. The van der Waals surface area contributed by atoms with Crippen LogP contribution in [-0.4, -0.2) is 12.5 Å². The van der Waals surface area contributed by atoms with E-state index in [9.17, 15) is 4.79 Å². The molecule has 1 aromatic rings. The number of carbonyl (C=O) groups excluding carboxylic acids is 1. The molecule has 0 bridgehead atoms. The Bertz CT molecular complexity index is 482. The Morgan fingerprint density at radius 2 is 2.05 bits per heavy atom. The maximum Gasteiger partial charge on any atom is 0.224 e. The van der Waals surface area contributed by atoms with Gasteiger partial charge in [-0.15, -0.1) is 0 Å². The van der Waals surface area contributed by atoms with Gasteiger partial charge in [0.05, 0.1) is 0 Å². The molecule has 0 radical (unpaired) electrons. The minimum absolute atomic E-state index is 0.102. The molecule has 0 unspecified atom stereocenters. The van der Waals surface area contributed by atoms with Crippen molar-refractivity contribution in [1.82, 2.24) is 0 Å². The number of hydrogen-bond donors (Lipinski definition) is 2. The molecule has 0 fully saturated rings. The van der Waals surface area contributed by atoms with Crippen molar-refractivity contribution in [2.75, 3.05) is 11.9 Å². The fourth-order valence-corrected chi connectivity index (χ4v) is 3.29. The molecule has 1 aromatic carbocycles. The lowest BCUT2D eigenvalue weighted by Crippen LogP contribution is -2.24. The molecule has 1 atom stereocenters. The van der Waals surface area contributed by atoms with E-state index in [2.05, 4.69) is 25.2 Å². The van der Waals surface area contributed by atoms with Crippen LogP contribution in [0.4, 0.5) is 5.69 Å². The number of nitrogens with one attached hydrogen (secondary N) is 1. The fourth-order valence-electron chi connectivity index (χ4n) is 3.29. The van der Waals surface area contributed by atoms with Gasteiger partial charge in [0.2, 0.25) is 5.91 Å². The quantitative estimate of drug-likeness (QED) is 0.841. The van der Waals surface area contributed by atoms with E-state index in [0.717, 1.165) is 24.9 Å². The third-order valence-corrected chi connectivity index (χ3v) is 4.28. The topological polar surface area (TPSA) is 55.1 Å². The highest BCUT2D eigenvalue weighted by Gasteiger charge is 2.17. The molecule has 116 valence electrons. The van der Waals surface area contributed by atoms with E-state index in [-0.39, 0.29) is 11.8 Å². The van der Waals surface area contributed by atoms with Crippen molar-refractivity contribution >= 4 is 11.6 Å². The largest absolute Gasteiger partial charge is 0.330 e. The summed E-state index contributed by atoms with van der Waals surface area (Å²) in [6.45, 7) is 4.93. The molecule has 0 aromatic heterocycles. The molecular formula is C18H28N2O. The first-order valence-electron chi connectivity index (χ1n) is 8.20. The summed E-state index contributed by atoms with van der Waals surface area (Å²) in [5.41, 5.74) is 9.54. The Morgan fingerprint density at radius 3 is 2.76 bits per heavy atom. The summed E-state index contributed by atoms with van der Waals surface area (Å²) >= 11 is 0. The van der Waals surface area contributed by atoms with E-state index in [1.165, 1.54) is 24.0 Å². The Balaban J connectivity index is 1.99. The van der Waals surface area contributed by atoms with Gasteiger partial charge in [0, 0.05) is 12.1 Å². The van der Waals surface area contributed by atoms with Gasteiger partial charge in [0.15, 0.2) is 0 Å². The van der Waals surface area contributed by atoms with E-state index in [0.29, 0.717) is 18.9 Å². The lowest BCUT2D eigenvalue weighted by molar-refractivity contribution is -0.117. The van der Waals surface area contributed by atoms with Gasteiger partial charge in [-0.25, -0.2) is 0 Å². The molecule has 21 heavy (non-hydrogen) atoms. The number of anilines is 1. The van der Waals surface area contributed by atoms with Crippen molar-refractivity contribution in [2.45, 2.75) is 52.4 Å². The van der Waals surface area contributed by atoms with Crippen LogP contribution in [0.5, 0.6) is 0 Å². The van der Waals surface area contributed by atoms with Crippen LogP contribution in [-0.2, 0) is 17.6 Å². The number of carbonyl (C=O) groups is 1. The van der Waals surface area contributed by atoms with Crippen molar-refractivity contribution in [2.24, 2.45) is 17.6 Å². The van der Waals surface area contributed by atoms with Gasteiger partial charge >= 0.3 is 0 Å². The van der Waals surface area contributed by atoms with Crippen LogP contribution >= 0.6 is 0 Å². The van der Waals surface area contributed by atoms with E-state index in [4.69, 9.17) is 5.73 Å². The molecule has 1 amide bonds. The van der Waals surface area contributed by atoms with Crippen LogP contribution in [0.2, 0.25) is 0 Å². The molecule has 3 N–H and O–H groups in total. The molecule has 0 spiro atoms. The maximum absolute atomic E-state index is 12.3. The Hall–Kier alpha value is -1.35. The number of fused-ring (bicyclic) bond motifs is 1. The summed E-state index contributed by atoms with van der Waals surface area (Å²) in [6, 6.07) is 6.27. The number of nitrogens with two attached hydrogens (primary N) is 1. The fraction of sp³-hybridized carbons (Fsp3) is 0.611. The monoisotopic (exact) mass is 288 g/mol. The van der Waals surface area contributed by atoms with Gasteiger partial charge in [-0.2, -0.15) is 0 Å². The van der Waals surface area contributed by atoms with Crippen molar-refractivity contribution in [3.63, 3.8) is 0 Å². The second-order valence-corrected chi connectivity index (χ2v) is 6.63. The predicted molar refractivity (Wildman–Crippen MR) is 88.3 cm³/mol. The number of aryl methyl sites for hydroxylation is 1. The Kier molecular flexibility index (Phi) is 5.80. The van der Waals surface area contributed by atoms with Crippen LogP contribution in [0, 0.1) is 11.8 Å². The Labute approximate surface area is 128 Å². The summed E-state index contributed by atoms with van der Waals surface area (Å²) in [5, 5.41) is 3.11. The van der Waals surface area contributed by atoms with Crippen molar-refractivity contribution in [3.8, 4) is 0 Å². The molecular weight excluding hydrogens is 260 g/mol. The van der Waals surface area contributed by atoms with Crippen molar-refractivity contribution in [3.05, 3.63) is 29.3 Å². The maximum atomic E-state index is 12.3. The molecule has 2 rings (SSSR count). The SMILES string of the molecule is CC(C)C[C@H](CN)CC(=O)Nc1cccc2c1CCCC2. The second-order valence-electron chi connectivity index (χ2n) is 6.63. The average Bonchev–Trinajstić information content (AvgIpc) is 2.46. The highest BCUT2D eigenvalue weighted by molar-refractivity contribution is 5.91. The zero-order valence-electron chi connectivity index (χ0n) is 13.3. The predicted octanol–water partition coefficient (Wildman–Crippen LogP) is 3.52. The summed E-state index contributed by atoms with van der Waals surface area (Å²) in [7, 11) is 0. The second kappa shape index (κ2) is 7.60. The first kappa shape index (κ1) is 16.0. The van der Waals surface area contributed by atoms with Gasteiger partial charge in [0.25, 0.3) is 0 Å². The highest BCUT2D eigenvalue weighted by Crippen LogP contribution is 2.28. The van der Waals surface area contributed by atoms with Gasteiger partial charge < -0.3 is 11.1 Å². The zero-order chi connectivity index (χ0) is 15.2. The smallest absolute Gasteiger partial charge is 0.224 e. The van der Waals surface area contributed by atoms with Crippen molar-refractivity contribution < 1.29 is 4.79 Å². The van der Waals surface area contributed by atoms with Gasteiger partial charge in [-0.3, -0.25) is 4.79 Å². The molecule has 0 heterocycles. The minimum Gasteiger partial charge on any atom is -0.330 e. The van der Waals surface area contributed by atoms with E-state index in [1.54, 1.807) is 0 Å². The van der Waals surface area contributed by atoms with Crippen LogP contribution in [0.1, 0.15) is 50.7 Å². The number of rotatable bonds is 6. The van der Waals surface area contributed by atoms with Crippen LogP contribution < -0.4 is 11.1 Å². The highest BCUT2D eigenvalue weighted by atomic mass is 16.1. The summed E-state index contributed by atoms with van der Waals surface area (Å²) in [5.74, 6) is 0.963. The number of benzene rings is 1. The first-order chi connectivity index (χ1) is 10.1. The van der Waals surface area contributed by atoms with E-state index < -0.39 is 0 Å². The number of hydrogen-bond acceptors (Lipinski definition) is 2. The van der Waals surface area contributed by atoms with E-state index in [1.807, 2.05) is 12.1 Å². The molecule has 0 saturated heterocycles. The molecule has 1 aliphatic carbocycles. The van der Waals surface area contributed by atoms with Gasteiger partial charge in [-0.05, 0) is 67.7 Å². The average molecular weight is 288 g/mol. The Morgan fingerprint density at radius 1 is 1.29 bits per heavy atom. The molecule has 3 heteroatoms.